The van der Waals surface area contributed by atoms with Crippen LogP contribution in [0.15, 0.2) is 58.6 Å². The molecule has 0 atom stereocenters. The number of rotatable bonds is 8. The molecule has 2 N–H and O–H groups in total. The van der Waals surface area contributed by atoms with E-state index in [9.17, 15) is 9.90 Å². The van der Waals surface area contributed by atoms with Gasteiger partial charge in [-0.1, -0.05) is 54.9 Å². The second-order valence-corrected chi connectivity index (χ2v) is 7.17. The van der Waals surface area contributed by atoms with E-state index in [1.165, 1.54) is 0 Å². The van der Waals surface area contributed by atoms with Crippen LogP contribution in [0.4, 0.5) is 0 Å². The summed E-state index contributed by atoms with van der Waals surface area (Å²) in [5.41, 5.74) is 1.49. The van der Waals surface area contributed by atoms with Crippen LogP contribution in [0.1, 0.15) is 23.9 Å². The molecule has 28 heavy (non-hydrogen) atoms. The fourth-order valence-corrected chi connectivity index (χ4v) is 3.27. The number of ether oxygens (including phenoxy) is 1. The summed E-state index contributed by atoms with van der Waals surface area (Å²) >= 11 is 7.16. The number of hydrogen-bond donors (Lipinski definition) is 2. The highest BCUT2D eigenvalue weighted by Crippen LogP contribution is 2.29. The molecule has 0 aliphatic heterocycles. The number of halogens is 1. The highest BCUT2D eigenvalue weighted by molar-refractivity contribution is 8.04. The third-order valence-corrected chi connectivity index (χ3v) is 5.05. The van der Waals surface area contributed by atoms with Gasteiger partial charge in [-0.25, -0.2) is 9.78 Å². The summed E-state index contributed by atoms with van der Waals surface area (Å²) in [5, 5.41) is 17.4. The first-order valence-corrected chi connectivity index (χ1v) is 9.75. The number of nitrogens with zero attached hydrogens (tertiary/aromatic N) is 2. The number of H-pyrrole nitrogens is 1. The zero-order valence-electron chi connectivity index (χ0n) is 15.1. The molecule has 3 aromatic rings. The molecule has 0 spiro atoms. The van der Waals surface area contributed by atoms with Crippen molar-refractivity contribution >= 4 is 35.4 Å². The fraction of sp³-hybridized carbons (Fsp3) is 0.150. The molecule has 8 heteroatoms. The maximum absolute atomic E-state index is 11.7. The van der Waals surface area contributed by atoms with Crippen LogP contribution in [0.5, 0.6) is 5.75 Å². The average molecular weight is 416 g/mol. The minimum Gasteiger partial charge on any atom is -0.488 e. The lowest BCUT2D eigenvalue weighted by Crippen LogP contribution is -2.00. The molecule has 0 radical (unpaired) electrons. The number of thioether (sulfide) groups is 1. The second-order valence-electron chi connectivity index (χ2n) is 5.75. The fourth-order valence-electron chi connectivity index (χ4n) is 2.36. The monoisotopic (exact) mass is 415 g/mol. The Bertz CT molecular complexity index is 1000. The van der Waals surface area contributed by atoms with Gasteiger partial charge in [-0.3, -0.25) is 5.10 Å². The number of aliphatic carboxylic acids is 1. The van der Waals surface area contributed by atoms with Gasteiger partial charge in [-0.05, 0) is 30.0 Å². The van der Waals surface area contributed by atoms with Crippen molar-refractivity contribution in [3.8, 4) is 5.75 Å². The number of benzene rings is 2. The molecule has 6 nitrogen and oxygen atoms in total. The van der Waals surface area contributed by atoms with Crippen molar-refractivity contribution in [1.82, 2.24) is 15.2 Å². The molecule has 0 saturated carbocycles. The molecule has 0 aliphatic carbocycles. The molecular formula is C20H18ClN3O3S. The van der Waals surface area contributed by atoms with Gasteiger partial charge in [0.1, 0.15) is 23.1 Å². The number of para-hydroxylation sites is 1. The smallest absolute Gasteiger partial charge is 0.342 e. The van der Waals surface area contributed by atoms with E-state index in [1.54, 1.807) is 24.3 Å². The summed E-state index contributed by atoms with van der Waals surface area (Å²) in [6, 6.07) is 14.6. The largest absolute Gasteiger partial charge is 0.488 e. The Morgan fingerprint density at radius 2 is 2.00 bits per heavy atom. The number of hydrogen-bond acceptors (Lipinski definition) is 5. The molecular weight excluding hydrogens is 398 g/mol. The molecule has 144 valence electrons. The first-order valence-electron chi connectivity index (χ1n) is 8.56. The summed E-state index contributed by atoms with van der Waals surface area (Å²) < 4.78 is 5.89. The molecule has 1 aromatic heterocycles. The SMILES string of the molecule is CCc1nc(S/C(=C\c2ccccc2OCc2ccccc2Cl)C(=O)O)n[nH]1. The number of aromatic nitrogens is 3. The van der Waals surface area contributed by atoms with Crippen LogP contribution in [0.2, 0.25) is 5.02 Å². The van der Waals surface area contributed by atoms with Gasteiger partial charge >= 0.3 is 5.97 Å². The molecule has 0 fully saturated rings. The zero-order valence-corrected chi connectivity index (χ0v) is 16.6. The maximum atomic E-state index is 11.7. The molecule has 0 aliphatic rings. The van der Waals surface area contributed by atoms with Gasteiger partial charge in [0.25, 0.3) is 0 Å². The minimum absolute atomic E-state index is 0.0930. The van der Waals surface area contributed by atoms with Crippen LogP contribution in [0.3, 0.4) is 0 Å². The molecule has 1 heterocycles. The van der Waals surface area contributed by atoms with E-state index >= 15 is 0 Å². The Morgan fingerprint density at radius 3 is 2.71 bits per heavy atom. The lowest BCUT2D eigenvalue weighted by molar-refractivity contribution is -0.131. The lowest BCUT2D eigenvalue weighted by Gasteiger charge is -2.11. The molecule has 0 unspecified atom stereocenters. The molecule has 0 saturated heterocycles. The number of nitrogens with one attached hydrogen (secondary N) is 1. The Balaban J connectivity index is 1.82. The van der Waals surface area contributed by atoms with E-state index in [-0.39, 0.29) is 11.5 Å². The van der Waals surface area contributed by atoms with E-state index in [0.29, 0.717) is 33.7 Å². The van der Waals surface area contributed by atoms with Crippen LogP contribution in [0.25, 0.3) is 6.08 Å². The Hall–Kier alpha value is -2.77. The molecule has 0 bridgehead atoms. The van der Waals surface area contributed by atoms with E-state index < -0.39 is 5.97 Å². The van der Waals surface area contributed by atoms with Crippen molar-refractivity contribution in [3.63, 3.8) is 0 Å². The average Bonchev–Trinajstić information content (AvgIpc) is 3.15. The predicted molar refractivity (Wildman–Crippen MR) is 109 cm³/mol. The van der Waals surface area contributed by atoms with E-state index in [4.69, 9.17) is 16.3 Å². The molecule has 2 aromatic carbocycles. The minimum atomic E-state index is -1.06. The van der Waals surface area contributed by atoms with Crippen molar-refractivity contribution in [3.05, 3.63) is 75.4 Å². The predicted octanol–water partition coefficient (Wildman–Crippen LogP) is 4.82. The van der Waals surface area contributed by atoms with Crippen LogP contribution < -0.4 is 4.74 Å². The summed E-state index contributed by atoms with van der Waals surface area (Å²) in [7, 11) is 0. The highest BCUT2D eigenvalue weighted by Gasteiger charge is 2.15. The summed E-state index contributed by atoms with van der Waals surface area (Å²) in [6.45, 7) is 2.22. The Morgan fingerprint density at radius 1 is 1.25 bits per heavy atom. The third kappa shape index (κ3) is 5.15. The van der Waals surface area contributed by atoms with Gasteiger partial charge in [-0.2, -0.15) is 0 Å². The van der Waals surface area contributed by atoms with Crippen LogP contribution >= 0.6 is 23.4 Å². The molecule has 0 amide bonds. The number of aromatic amines is 1. The van der Waals surface area contributed by atoms with Crippen LogP contribution in [0, 0.1) is 0 Å². The summed E-state index contributed by atoms with van der Waals surface area (Å²) in [5.74, 6) is 0.204. The number of carboxylic acid groups (broad SMARTS) is 1. The first kappa shape index (κ1) is 20.0. The lowest BCUT2D eigenvalue weighted by atomic mass is 10.2. The standard InChI is InChI=1S/C20H18ClN3O3S/c1-2-18-22-20(24-23-18)28-17(19(25)26)11-13-7-4-6-10-16(13)27-12-14-8-3-5-9-15(14)21/h3-11H,2,12H2,1H3,(H,25,26)(H,22,23,24)/b17-11-. The second kappa shape index (κ2) is 9.43. The molecule has 3 rings (SSSR count). The van der Waals surface area contributed by atoms with Crippen LogP contribution in [-0.4, -0.2) is 26.3 Å². The number of carboxylic acids is 1. The summed E-state index contributed by atoms with van der Waals surface area (Å²) in [4.78, 5) is 16.0. The van der Waals surface area contributed by atoms with Gasteiger partial charge in [0.2, 0.25) is 5.16 Å². The van der Waals surface area contributed by atoms with Gasteiger partial charge in [0, 0.05) is 22.6 Å². The van der Waals surface area contributed by atoms with Gasteiger partial charge in [-0.15, -0.1) is 5.10 Å². The quantitative estimate of drug-likeness (QED) is 0.405. The van der Waals surface area contributed by atoms with Crippen molar-refractivity contribution < 1.29 is 14.6 Å². The number of aryl methyl sites for hydroxylation is 1. The van der Waals surface area contributed by atoms with Crippen molar-refractivity contribution in [2.45, 2.75) is 25.1 Å². The van der Waals surface area contributed by atoms with E-state index in [0.717, 1.165) is 17.3 Å². The normalized spacial score (nSPS) is 11.4. The summed E-state index contributed by atoms with van der Waals surface area (Å²) in [6.07, 6.45) is 2.25. The number of carbonyl (C=O) groups is 1. The van der Waals surface area contributed by atoms with E-state index in [2.05, 4.69) is 15.2 Å². The van der Waals surface area contributed by atoms with Crippen molar-refractivity contribution in [2.75, 3.05) is 0 Å². The zero-order chi connectivity index (χ0) is 19.9. The van der Waals surface area contributed by atoms with Crippen molar-refractivity contribution in [1.29, 1.82) is 0 Å². The third-order valence-electron chi connectivity index (χ3n) is 3.80. The van der Waals surface area contributed by atoms with Gasteiger partial charge in [0.05, 0.1) is 0 Å². The Kier molecular flexibility index (Phi) is 6.73. The van der Waals surface area contributed by atoms with Crippen LogP contribution in [-0.2, 0) is 17.8 Å². The first-order chi connectivity index (χ1) is 13.6. The Labute approximate surface area is 171 Å². The van der Waals surface area contributed by atoms with Crippen molar-refractivity contribution in [2.24, 2.45) is 0 Å². The van der Waals surface area contributed by atoms with E-state index in [1.807, 2.05) is 37.3 Å². The highest BCUT2D eigenvalue weighted by atomic mass is 35.5. The maximum Gasteiger partial charge on any atom is 0.342 e. The van der Waals surface area contributed by atoms with Gasteiger partial charge < -0.3 is 9.84 Å². The van der Waals surface area contributed by atoms with Gasteiger partial charge in [0.15, 0.2) is 0 Å². The topological polar surface area (TPSA) is 88.1 Å².